The predicted molar refractivity (Wildman–Crippen MR) is 71.0 cm³/mol. The molecular weight excluding hydrogens is 222 g/mol. The Labute approximate surface area is 105 Å². The van der Waals surface area contributed by atoms with Crippen molar-refractivity contribution in [1.29, 1.82) is 0 Å². The van der Waals surface area contributed by atoms with Gasteiger partial charge in [-0.15, -0.1) is 12.4 Å². The summed E-state index contributed by atoms with van der Waals surface area (Å²) in [5.41, 5.74) is 2.45. The minimum atomic E-state index is 0. The highest BCUT2D eigenvalue weighted by Gasteiger charge is 2.01. The maximum absolute atomic E-state index is 4.32. The van der Waals surface area contributed by atoms with Crippen molar-refractivity contribution in [2.45, 2.75) is 46.1 Å². The lowest BCUT2D eigenvalue weighted by Gasteiger charge is -2.03. The molecule has 94 valence electrons. The van der Waals surface area contributed by atoms with E-state index >= 15 is 0 Å². The van der Waals surface area contributed by atoms with E-state index in [4.69, 9.17) is 0 Å². The van der Waals surface area contributed by atoms with Crippen molar-refractivity contribution in [3.8, 4) is 0 Å². The molecular formula is C12H24ClN3. The monoisotopic (exact) mass is 245 g/mol. The summed E-state index contributed by atoms with van der Waals surface area (Å²) >= 11 is 0. The van der Waals surface area contributed by atoms with Crippen molar-refractivity contribution in [1.82, 2.24) is 15.1 Å². The predicted octanol–water partition coefficient (Wildman–Crippen LogP) is 2.82. The van der Waals surface area contributed by atoms with Crippen molar-refractivity contribution < 1.29 is 0 Å². The minimum Gasteiger partial charge on any atom is -0.313 e. The molecule has 1 N–H and O–H groups in total. The molecule has 0 aromatic carbocycles. The van der Waals surface area contributed by atoms with E-state index in [-0.39, 0.29) is 12.4 Å². The first-order valence-electron chi connectivity index (χ1n) is 5.94. The lowest BCUT2D eigenvalue weighted by atomic mass is 10.2. The van der Waals surface area contributed by atoms with Gasteiger partial charge in [-0.05, 0) is 19.9 Å². The number of hydrogen-bond donors (Lipinski definition) is 1. The van der Waals surface area contributed by atoms with E-state index in [1.54, 1.807) is 0 Å². The van der Waals surface area contributed by atoms with Crippen LogP contribution in [0.15, 0.2) is 6.20 Å². The van der Waals surface area contributed by atoms with E-state index < -0.39 is 0 Å². The molecule has 4 heteroatoms. The first-order valence-corrected chi connectivity index (χ1v) is 5.94. The molecule has 16 heavy (non-hydrogen) atoms. The van der Waals surface area contributed by atoms with Crippen LogP contribution in [0, 0.1) is 6.92 Å². The number of rotatable bonds is 7. The molecule has 3 nitrogen and oxygen atoms in total. The van der Waals surface area contributed by atoms with Gasteiger partial charge in [0.2, 0.25) is 0 Å². The second-order valence-corrected chi connectivity index (χ2v) is 4.15. The zero-order valence-corrected chi connectivity index (χ0v) is 11.4. The number of halogens is 1. The quantitative estimate of drug-likeness (QED) is 0.749. The van der Waals surface area contributed by atoms with Crippen LogP contribution in [0.3, 0.4) is 0 Å². The Morgan fingerprint density at radius 2 is 2.06 bits per heavy atom. The van der Waals surface area contributed by atoms with Crippen LogP contribution in [-0.2, 0) is 13.6 Å². The smallest absolute Gasteiger partial charge is 0.0638 e. The van der Waals surface area contributed by atoms with Crippen LogP contribution in [0.4, 0.5) is 0 Å². The maximum atomic E-state index is 4.32. The Hall–Kier alpha value is -0.540. The number of unbranched alkanes of at least 4 members (excludes halogenated alkanes) is 3. The fraction of sp³-hybridized carbons (Fsp3) is 0.750. The summed E-state index contributed by atoms with van der Waals surface area (Å²) in [5.74, 6) is 0. The van der Waals surface area contributed by atoms with E-state index in [9.17, 15) is 0 Å². The summed E-state index contributed by atoms with van der Waals surface area (Å²) in [6, 6.07) is 0. The molecule has 1 rings (SSSR count). The average Bonchev–Trinajstić information content (AvgIpc) is 2.51. The summed E-state index contributed by atoms with van der Waals surface area (Å²) in [6.45, 7) is 6.38. The number of aromatic nitrogens is 2. The van der Waals surface area contributed by atoms with Crippen LogP contribution >= 0.6 is 12.4 Å². The first kappa shape index (κ1) is 15.5. The van der Waals surface area contributed by atoms with Gasteiger partial charge in [0, 0.05) is 25.4 Å². The van der Waals surface area contributed by atoms with Crippen LogP contribution in [0.1, 0.15) is 43.9 Å². The average molecular weight is 246 g/mol. The van der Waals surface area contributed by atoms with Crippen LogP contribution < -0.4 is 5.32 Å². The third-order valence-corrected chi connectivity index (χ3v) is 2.64. The fourth-order valence-corrected chi connectivity index (χ4v) is 1.72. The van der Waals surface area contributed by atoms with Crippen molar-refractivity contribution in [2.75, 3.05) is 6.54 Å². The van der Waals surface area contributed by atoms with Crippen molar-refractivity contribution in [3.05, 3.63) is 17.5 Å². The minimum absolute atomic E-state index is 0. The first-order chi connectivity index (χ1) is 7.24. The van der Waals surface area contributed by atoms with Gasteiger partial charge in [0.15, 0.2) is 0 Å². The number of nitrogens with one attached hydrogen (secondary N) is 1. The SMILES string of the molecule is CCCCCCNCc1cn(C)nc1C.Cl. The highest BCUT2D eigenvalue weighted by molar-refractivity contribution is 5.85. The number of aryl methyl sites for hydroxylation is 2. The van der Waals surface area contributed by atoms with Gasteiger partial charge in [-0.1, -0.05) is 26.2 Å². The largest absolute Gasteiger partial charge is 0.313 e. The zero-order valence-electron chi connectivity index (χ0n) is 10.6. The summed E-state index contributed by atoms with van der Waals surface area (Å²) in [4.78, 5) is 0. The Morgan fingerprint density at radius 1 is 1.31 bits per heavy atom. The maximum Gasteiger partial charge on any atom is 0.0638 e. The lowest BCUT2D eigenvalue weighted by molar-refractivity contribution is 0.597. The van der Waals surface area contributed by atoms with Gasteiger partial charge in [-0.2, -0.15) is 5.10 Å². The third-order valence-electron chi connectivity index (χ3n) is 2.64. The third kappa shape index (κ3) is 5.52. The van der Waals surface area contributed by atoms with Gasteiger partial charge in [-0.25, -0.2) is 0 Å². The summed E-state index contributed by atoms with van der Waals surface area (Å²) in [5, 5.41) is 7.78. The second-order valence-electron chi connectivity index (χ2n) is 4.15. The molecule has 1 aromatic rings. The fourth-order valence-electron chi connectivity index (χ4n) is 1.72. The molecule has 0 saturated carbocycles. The molecule has 0 aliphatic heterocycles. The molecule has 0 amide bonds. The lowest BCUT2D eigenvalue weighted by Crippen LogP contribution is -2.14. The highest BCUT2D eigenvalue weighted by atomic mass is 35.5. The molecule has 0 spiro atoms. The van der Waals surface area contributed by atoms with Crippen LogP contribution in [0.25, 0.3) is 0 Å². The van der Waals surface area contributed by atoms with Crippen LogP contribution in [-0.4, -0.2) is 16.3 Å². The zero-order chi connectivity index (χ0) is 11.1. The molecule has 0 saturated heterocycles. The molecule has 1 heterocycles. The van der Waals surface area contributed by atoms with Crippen molar-refractivity contribution in [3.63, 3.8) is 0 Å². The van der Waals surface area contributed by atoms with E-state index in [1.807, 2.05) is 11.7 Å². The van der Waals surface area contributed by atoms with E-state index in [0.29, 0.717) is 0 Å². The molecule has 0 atom stereocenters. The van der Waals surface area contributed by atoms with Gasteiger partial charge in [0.05, 0.1) is 5.69 Å². The standard InChI is InChI=1S/C12H23N3.ClH/c1-4-5-6-7-8-13-9-12-10-15(3)14-11(12)2;/h10,13H,4-9H2,1-3H3;1H. The normalized spacial score (nSPS) is 10.2. The van der Waals surface area contributed by atoms with Crippen molar-refractivity contribution in [2.24, 2.45) is 7.05 Å². The molecule has 0 radical (unpaired) electrons. The van der Waals surface area contributed by atoms with Gasteiger partial charge in [0.1, 0.15) is 0 Å². The van der Waals surface area contributed by atoms with Gasteiger partial charge in [0.25, 0.3) is 0 Å². The Kier molecular flexibility index (Phi) is 8.30. The van der Waals surface area contributed by atoms with E-state index in [0.717, 1.165) is 18.8 Å². The van der Waals surface area contributed by atoms with Crippen molar-refractivity contribution >= 4 is 12.4 Å². The number of nitrogens with zero attached hydrogens (tertiary/aromatic N) is 2. The van der Waals surface area contributed by atoms with Gasteiger partial charge >= 0.3 is 0 Å². The molecule has 0 fully saturated rings. The summed E-state index contributed by atoms with van der Waals surface area (Å²) < 4.78 is 1.88. The molecule has 0 bridgehead atoms. The van der Waals surface area contributed by atoms with E-state index in [1.165, 1.54) is 31.2 Å². The second kappa shape index (κ2) is 8.59. The Morgan fingerprint density at radius 3 is 2.62 bits per heavy atom. The van der Waals surface area contributed by atoms with E-state index in [2.05, 4.69) is 30.5 Å². The van der Waals surface area contributed by atoms with Crippen LogP contribution in [0.2, 0.25) is 0 Å². The highest BCUT2D eigenvalue weighted by Crippen LogP contribution is 2.04. The Balaban J connectivity index is 0.00000225. The molecule has 0 aliphatic carbocycles. The Bertz CT molecular complexity index is 284. The summed E-state index contributed by atoms with van der Waals surface area (Å²) in [6.07, 6.45) is 7.38. The van der Waals surface area contributed by atoms with Gasteiger partial charge < -0.3 is 5.32 Å². The molecule has 0 aliphatic rings. The summed E-state index contributed by atoms with van der Waals surface area (Å²) in [7, 11) is 1.97. The molecule has 1 aromatic heterocycles. The number of hydrogen-bond acceptors (Lipinski definition) is 2. The van der Waals surface area contributed by atoms with Gasteiger partial charge in [-0.3, -0.25) is 4.68 Å². The molecule has 0 unspecified atom stereocenters. The van der Waals surface area contributed by atoms with Crippen LogP contribution in [0.5, 0.6) is 0 Å². The topological polar surface area (TPSA) is 29.9 Å².